The number of nitrogens with zero attached hydrogens (tertiary/aromatic N) is 1. The molecule has 0 bridgehead atoms. The highest BCUT2D eigenvalue weighted by Gasteiger charge is 2.09. The summed E-state index contributed by atoms with van der Waals surface area (Å²) < 4.78 is 10.1. The van der Waals surface area contributed by atoms with Gasteiger partial charge in [-0.1, -0.05) is 0 Å². The van der Waals surface area contributed by atoms with E-state index in [0.29, 0.717) is 5.76 Å². The Balaban J connectivity index is 1.90. The molecule has 0 aliphatic rings. The molecule has 6 nitrogen and oxygen atoms in total. The van der Waals surface area contributed by atoms with E-state index in [0.717, 1.165) is 11.4 Å². The molecule has 0 aliphatic heterocycles. The van der Waals surface area contributed by atoms with Gasteiger partial charge in [0.15, 0.2) is 5.96 Å². The van der Waals surface area contributed by atoms with Gasteiger partial charge in [0.2, 0.25) is 0 Å². The molecule has 106 valence electrons. The number of hydrogen-bond donors (Lipinski definition) is 3. The summed E-state index contributed by atoms with van der Waals surface area (Å²) in [5.74, 6) is 1.45. The number of anilines is 1. The van der Waals surface area contributed by atoms with Crippen LogP contribution < -0.4 is 15.8 Å². The highest BCUT2D eigenvalue weighted by molar-refractivity contribution is 5.92. The Labute approximate surface area is 116 Å². The molecule has 0 amide bonds. The van der Waals surface area contributed by atoms with E-state index in [9.17, 15) is 5.11 Å². The van der Waals surface area contributed by atoms with Crippen LogP contribution in [0.2, 0.25) is 0 Å². The van der Waals surface area contributed by atoms with E-state index in [-0.39, 0.29) is 12.5 Å². The van der Waals surface area contributed by atoms with Gasteiger partial charge >= 0.3 is 0 Å². The molecule has 0 saturated heterocycles. The van der Waals surface area contributed by atoms with Crippen molar-refractivity contribution in [2.24, 2.45) is 10.7 Å². The van der Waals surface area contributed by atoms with Gasteiger partial charge in [-0.3, -0.25) is 0 Å². The lowest BCUT2D eigenvalue weighted by atomic mass is 10.3. The zero-order valence-corrected chi connectivity index (χ0v) is 11.1. The maximum absolute atomic E-state index is 9.79. The number of rotatable bonds is 5. The van der Waals surface area contributed by atoms with Crippen LogP contribution in [0.5, 0.6) is 5.75 Å². The smallest absolute Gasteiger partial charge is 0.193 e. The third kappa shape index (κ3) is 3.76. The summed E-state index contributed by atoms with van der Waals surface area (Å²) in [6.45, 7) is 0.127. The molecule has 0 aliphatic carbocycles. The molecule has 2 aromatic rings. The first-order chi connectivity index (χ1) is 9.69. The predicted octanol–water partition coefficient (Wildman–Crippen LogP) is 1.75. The van der Waals surface area contributed by atoms with Crippen LogP contribution in [0.1, 0.15) is 11.9 Å². The molecule has 1 aromatic carbocycles. The SMILES string of the molecule is COc1ccc(NC(N)=NCC(O)c2ccco2)cc1. The number of hydrogen-bond acceptors (Lipinski definition) is 4. The first-order valence-electron chi connectivity index (χ1n) is 6.11. The van der Waals surface area contributed by atoms with Gasteiger partial charge in [0.1, 0.15) is 17.6 Å². The highest BCUT2D eigenvalue weighted by Crippen LogP contribution is 2.15. The molecule has 2 rings (SSSR count). The summed E-state index contributed by atoms with van der Waals surface area (Å²) >= 11 is 0. The number of guanidine groups is 1. The third-order valence-corrected chi connectivity index (χ3v) is 2.67. The maximum atomic E-state index is 9.79. The molecule has 4 N–H and O–H groups in total. The van der Waals surface area contributed by atoms with Crippen LogP contribution in [-0.2, 0) is 0 Å². The number of nitrogens with one attached hydrogen (secondary N) is 1. The minimum absolute atomic E-state index is 0.127. The normalized spacial score (nSPS) is 13.0. The number of aliphatic hydroxyl groups excluding tert-OH is 1. The lowest BCUT2D eigenvalue weighted by molar-refractivity contribution is 0.158. The van der Waals surface area contributed by atoms with Crippen molar-refractivity contribution in [2.75, 3.05) is 19.0 Å². The lowest BCUT2D eigenvalue weighted by Crippen LogP contribution is -2.23. The van der Waals surface area contributed by atoms with Crippen LogP contribution in [0.3, 0.4) is 0 Å². The van der Waals surface area contributed by atoms with Crippen molar-refractivity contribution >= 4 is 11.6 Å². The number of nitrogens with two attached hydrogens (primary N) is 1. The topological polar surface area (TPSA) is 93.0 Å². The van der Waals surface area contributed by atoms with Crippen LogP contribution in [0.15, 0.2) is 52.1 Å². The summed E-state index contributed by atoms with van der Waals surface area (Å²) in [5.41, 5.74) is 6.54. The number of methoxy groups -OCH3 is 1. The highest BCUT2D eigenvalue weighted by atomic mass is 16.5. The van der Waals surface area contributed by atoms with Crippen LogP contribution >= 0.6 is 0 Å². The summed E-state index contributed by atoms with van der Waals surface area (Å²) in [4.78, 5) is 4.06. The number of furan rings is 1. The number of ether oxygens (including phenoxy) is 1. The minimum atomic E-state index is -0.804. The first-order valence-corrected chi connectivity index (χ1v) is 6.11. The van der Waals surface area contributed by atoms with Crippen molar-refractivity contribution in [1.29, 1.82) is 0 Å². The second kappa shape index (κ2) is 6.63. The van der Waals surface area contributed by atoms with E-state index in [2.05, 4.69) is 10.3 Å². The molecule has 6 heteroatoms. The van der Waals surface area contributed by atoms with E-state index in [1.54, 1.807) is 19.2 Å². The van der Waals surface area contributed by atoms with Gasteiger partial charge in [0.25, 0.3) is 0 Å². The molecular formula is C14H17N3O3. The molecule has 1 atom stereocenters. The molecule has 20 heavy (non-hydrogen) atoms. The Bertz CT molecular complexity index is 550. The molecule has 1 heterocycles. The van der Waals surface area contributed by atoms with Crippen molar-refractivity contribution in [3.8, 4) is 5.75 Å². The van der Waals surface area contributed by atoms with E-state index in [1.165, 1.54) is 6.26 Å². The monoisotopic (exact) mass is 275 g/mol. The average molecular weight is 275 g/mol. The molecule has 0 fully saturated rings. The Hall–Kier alpha value is -2.47. The molecule has 0 spiro atoms. The van der Waals surface area contributed by atoms with Crippen LogP contribution in [0, 0.1) is 0 Å². The van der Waals surface area contributed by atoms with E-state index in [4.69, 9.17) is 14.9 Å². The fourth-order valence-electron chi connectivity index (χ4n) is 1.62. The molecular weight excluding hydrogens is 258 g/mol. The Morgan fingerprint density at radius 3 is 2.75 bits per heavy atom. The standard InChI is InChI=1S/C14H17N3O3/c1-19-11-6-4-10(5-7-11)17-14(15)16-9-12(18)13-3-2-8-20-13/h2-8,12,18H,9H2,1H3,(H3,15,16,17). The van der Waals surface area contributed by atoms with Gasteiger partial charge < -0.3 is 25.3 Å². The van der Waals surface area contributed by atoms with Gasteiger partial charge in [0.05, 0.1) is 19.9 Å². The van der Waals surface area contributed by atoms with Gasteiger partial charge in [-0.15, -0.1) is 0 Å². The molecule has 1 aromatic heterocycles. The maximum Gasteiger partial charge on any atom is 0.193 e. The van der Waals surface area contributed by atoms with E-state index >= 15 is 0 Å². The van der Waals surface area contributed by atoms with Crippen LogP contribution in [0.4, 0.5) is 5.69 Å². The van der Waals surface area contributed by atoms with E-state index < -0.39 is 6.10 Å². The van der Waals surface area contributed by atoms with Crippen molar-refractivity contribution < 1.29 is 14.3 Å². The molecule has 0 radical (unpaired) electrons. The predicted molar refractivity (Wildman–Crippen MR) is 76.8 cm³/mol. The summed E-state index contributed by atoms with van der Waals surface area (Å²) in [6, 6.07) is 10.7. The molecule has 1 unspecified atom stereocenters. The fourth-order valence-corrected chi connectivity index (χ4v) is 1.62. The first kappa shape index (κ1) is 14.0. The zero-order valence-electron chi connectivity index (χ0n) is 11.1. The summed E-state index contributed by atoms with van der Waals surface area (Å²) in [5, 5.41) is 12.7. The van der Waals surface area contributed by atoms with Gasteiger partial charge in [-0.25, -0.2) is 4.99 Å². The van der Waals surface area contributed by atoms with Crippen LogP contribution in [-0.4, -0.2) is 24.7 Å². The van der Waals surface area contributed by atoms with Crippen molar-refractivity contribution in [3.63, 3.8) is 0 Å². The second-order valence-corrected chi connectivity index (χ2v) is 4.11. The summed E-state index contributed by atoms with van der Waals surface area (Å²) in [7, 11) is 1.61. The second-order valence-electron chi connectivity index (χ2n) is 4.11. The zero-order chi connectivity index (χ0) is 14.4. The Kier molecular flexibility index (Phi) is 4.62. The van der Waals surface area contributed by atoms with E-state index in [1.807, 2.05) is 24.3 Å². The van der Waals surface area contributed by atoms with Gasteiger partial charge in [0, 0.05) is 5.69 Å². The van der Waals surface area contributed by atoms with Crippen molar-refractivity contribution in [1.82, 2.24) is 0 Å². The Morgan fingerprint density at radius 2 is 2.15 bits per heavy atom. The van der Waals surface area contributed by atoms with Crippen molar-refractivity contribution in [3.05, 3.63) is 48.4 Å². The van der Waals surface area contributed by atoms with Crippen LogP contribution in [0.25, 0.3) is 0 Å². The minimum Gasteiger partial charge on any atom is -0.497 e. The van der Waals surface area contributed by atoms with Crippen molar-refractivity contribution in [2.45, 2.75) is 6.10 Å². The number of aliphatic imine (C=N–C) groups is 1. The largest absolute Gasteiger partial charge is 0.497 e. The van der Waals surface area contributed by atoms with Gasteiger partial charge in [-0.2, -0.15) is 0 Å². The number of aliphatic hydroxyl groups is 1. The summed E-state index contributed by atoms with van der Waals surface area (Å²) in [6.07, 6.45) is 0.697. The number of benzene rings is 1. The average Bonchev–Trinajstić information content (AvgIpc) is 3.00. The third-order valence-electron chi connectivity index (χ3n) is 2.67. The fraction of sp³-hybridized carbons (Fsp3) is 0.214. The molecule has 0 saturated carbocycles. The quantitative estimate of drug-likeness (QED) is 0.571. The van der Waals surface area contributed by atoms with Gasteiger partial charge in [-0.05, 0) is 36.4 Å². The Morgan fingerprint density at radius 1 is 1.40 bits per heavy atom. The lowest BCUT2D eigenvalue weighted by Gasteiger charge is -2.08.